The maximum atomic E-state index is 11.9. The zero-order valence-corrected chi connectivity index (χ0v) is 12.7. The predicted octanol–water partition coefficient (Wildman–Crippen LogP) is 2.31. The highest BCUT2D eigenvalue weighted by atomic mass is 16.5. The second-order valence-corrected chi connectivity index (χ2v) is 6.68. The Morgan fingerprint density at radius 3 is 1.94 bits per heavy atom. The number of hydrogen-bond acceptors (Lipinski definition) is 4. The van der Waals surface area contributed by atoms with Crippen molar-refractivity contribution in [2.24, 2.45) is 5.41 Å². The molecule has 0 bridgehead atoms. The molecule has 0 rings (SSSR count). The van der Waals surface area contributed by atoms with Crippen molar-refractivity contribution in [3.8, 4) is 0 Å². The monoisotopic (exact) mass is 257 g/mol. The molecule has 1 atom stereocenters. The molecule has 0 radical (unpaired) electrons. The van der Waals surface area contributed by atoms with Gasteiger partial charge in [-0.15, -0.1) is 0 Å². The van der Waals surface area contributed by atoms with Gasteiger partial charge in [0.25, 0.3) is 0 Å². The Bertz CT molecular complexity index is 297. The minimum Gasteiger partial charge on any atom is -0.468 e. The van der Waals surface area contributed by atoms with Crippen molar-refractivity contribution in [3.63, 3.8) is 0 Å². The minimum absolute atomic E-state index is 0.159. The van der Waals surface area contributed by atoms with Crippen molar-refractivity contribution in [2.75, 3.05) is 7.11 Å². The molecule has 0 aliphatic rings. The second kappa shape index (κ2) is 6.32. The summed E-state index contributed by atoms with van der Waals surface area (Å²) in [5.74, 6) is -0.154. The van der Waals surface area contributed by atoms with Gasteiger partial charge in [-0.2, -0.15) is 0 Å². The summed E-state index contributed by atoms with van der Waals surface area (Å²) in [6, 6.07) is -0.429. The van der Waals surface area contributed by atoms with Gasteiger partial charge in [0.1, 0.15) is 11.8 Å². The molecular formula is C14H27NO3. The lowest BCUT2D eigenvalue weighted by Crippen LogP contribution is -2.48. The summed E-state index contributed by atoms with van der Waals surface area (Å²) < 4.78 is 4.76. The van der Waals surface area contributed by atoms with Crippen molar-refractivity contribution in [2.45, 2.75) is 66.0 Å². The van der Waals surface area contributed by atoms with Crippen molar-refractivity contribution >= 4 is 11.8 Å². The number of methoxy groups -OCH3 is 1. The van der Waals surface area contributed by atoms with E-state index in [1.54, 1.807) is 0 Å². The molecule has 0 aromatic carbocycles. The number of nitrogens with one attached hydrogen (secondary N) is 1. The van der Waals surface area contributed by atoms with Crippen LogP contribution in [0.25, 0.3) is 0 Å². The Morgan fingerprint density at radius 2 is 1.61 bits per heavy atom. The molecule has 0 aliphatic carbocycles. The van der Waals surface area contributed by atoms with Crippen LogP contribution in [0.1, 0.15) is 54.4 Å². The standard InChI is InChI=1S/C14H27NO3/c1-13(2,3)11(16)9-8-10(12(17)18-7)15-14(4,5)6/h10,15H,8-9H2,1-7H3. The molecule has 0 fully saturated rings. The predicted molar refractivity (Wildman–Crippen MR) is 72.4 cm³/mol. The quantitative estimate of drug-likeness (QED) is 0.768. The van der Waals surface area contributed by atoms with Gasteiger partial charge in [0.05, 0.1) is 7.11 Å². The van der Waals surface area contributed by atoms with E-state index < -0.39 is 6.04 Å². The minimum atomic E-state index is -0.429. The largest absolute Gasteiger partial charge is 0.468 e. The third-order valence-corrected chi connectivity index (χ3v) is 2.59. The fourth-order valence-corrected chi connectivity index (χ4v) is 1.56. The molecule has 106 valence electrons. The number of ketones is 1. The highest BCUT2D eigenvalue weighted by Gasteiger charge is 2.27. The SMILES string of the molecule is COC(=O)C(CCC(=O)C(C)(C)C)NC(C)(C)C. The summed E-state index contributed by atoms with van der Waals surface area (Å²) in [7, 11) is 1.37. The number of carbonyl (C=O) groups excluding carboxylic acids is 2. The highest BCUT2D eigenvalue weighted by molar-refractivity contribution is 5.84. The van der Waals surface area contributed by atoms with E-state index in [4.69, 9.17) is 4.74 Å². The lowest BCUT2D eigenvalue weighted by atomic mass is 9.87. The summed E-state index contributed by atoms with van der Waals surface area (Å²) in [6.45, 7) is 11.6. The van der Waals surface area contributed by atoms with Crippen LogP contribution in [0.4, 0.5) is 0 Å². The van der Waals surface area contributed by atoms with E-state index in [1.165, 1.54) is 7.11 Å². The van der Waals surface area contributed by atoms with Gasteiger partial charge >= 0.3 is 5.97 Å². The summed E-state index contributed by atoms with van der Waals surface area (Å²) in [6.07, 6.45) is 0.854. The first kappa shape index (κ1) is 17.1. The molecule has 0 saturated carbocycles. The van der Waals surface area contributed by atoms with Gasteiger partial charge in [-0.05, 0) is 27.2 Å². The van der Waals surface area contributed by atoms with Crippen LogP contribution in [0.5, 0.6) is 0 Å². The molecule has 0 saturated heterocycles. The number of hydrogen-bond donors (Lipinski definition) is 1. The van der Waals surface area contributed by atoms with Crippen LogP contribution < -0.4 is 5.32 Å². The van der Waals surface area contributed by atoms with Crippen molar-refractivity contribution in [1.82, 2.24) is 5.32 Å². The number of Topliss-reactive ketones (excluding diaryl/α,β-unsaturated/α-hetero) is 1. The molecule has 18 heavy (non-hydrogen) atoms. The highest BCUT2D eigenvalue weighted by Crippen LogP contribution is 2.19. The average Bonchev–Trinajstić information content (AvgIpc) is 2.19. The van der Waals surface area contributed by atoms with Gasteiger partial charge in [0, 0.05) is 17.4 Å². The average molecular weight is 257 g/mol. The van der Waals surface area contributed by atoms with Crippen LogP contribution in [0.3, 0.4) is 0 Å². The number of rotatable bonds is 5. The first-order valence-corrected chi connectivity index (χ1v) is 6.36. The van der Waals surface area contributed by atoms with Crippen LogP contribution in [0, 0.1) is 5.41 Å². The normalized spacial score (nSPS) is 14.2. The van der Waals surface area contributed by atoms with Gasteiger partial charge in [-0.3, -0.25) is 14.9 Å². The smallest absolute Gasteiger partial charge is 0.322 e. The van der Waals surface area contributed by atoms with E-state index in [1.807, 2.05) is 41.5 Å². The number of carbonyl (C=O) groups is 2. The molecule has 0 aromatic heterocycles. The molecule has 0 aliphatic heterocycles. The van der Waals surface area contributed by atoms with Gasteiger partial charge in [0.15, 0.2) is 0 Å². The Labute approximate surface area is 110 Å². The Morgan fingerprint density at radius 1 is 1.11 bits per heavy atom. The maximum absolute atomic E-state index is 11.9. The first-order chi connectivity index (χ1) is 7.97. The van der Waals surface area contributed by atoms with E-state index in [9.17, 15) is 9.59 Å². The van der Waals surface area contributed by atoms with E-state index in [0.29, 0.717) is 12.8 Å². The molecule has 0 spiro atoms. The molecular weight excluding hydrogens is 230 g/mol. The van der Waals surface area contributed by atoms with Crippen LogP contribution in [-0.2, 0) is 14.3 Å². The van der Waals surface area contributed by atoms with E-state index in [-0.39, 0.29) is 22.7 Å². The van der Waals surface area contributed by atoms with Gasteiger partial charge in [-0.25, -0.2) is 0 Å². The third kappa shape index (κ3) is 6.74. The maximum Gasteiger partial charge on any atom is 0.322 e. The van der Waals surface area contributed by atoms with Gasteiger partial charge in [-0.1, -0.05) is 20.8 Å². The van der Waals surface area contributed by atoms with Crippen LogP contribution in [-0.4, -0.2) is 30.4 Å². The summed E-state index contributed by atoms with van der Waals surface area (Å²) in [4.78, 5) is 23.5. The van der Waals surface area contributed by atoms with Crippen LogP contribution >= 0.6 is 0 Å². The van der Waals surface area contributed by atoms with Gasteiger partial charge < -0.3 is 4.74 Å². The summed E-state index contributed by atoms with van der Waals surface area (Å²) in [5.41, 5.74) is -0.550. The molecule has 4 heteroatoms. The van der Waals surface area contributed by atoms with Crippen LogP contribution in [0.2, 0.25) is 0 Å². The van der Waals surface area contributed by atoms with Crippen molar-refractivity contribution < 1.29 is 14.3 Å². The van der Waals surface area contributed by atoms with E-state index in [2.05, 4.69) is 5.32 Å². The number of esters is 1. The molecule has 0 heterocycles. The fourth-order valence-electron chi connectivity index (χ4n) is 1.56. The van der Waals surface area contributed by atoms with E-state index >= 15 is 0 Å². The second-order valence-electron chi connectivity index (χ2n) is 6.68. The Balaban J connectivity index is 4.53. The summed E-state index contributed by atoms with van der Waals surface area (Å²) in [5, 5.41) is 3.19. The topological polar surface area (TPSA) is 55.4 Å². The zero-order chi connectivity index (χ0) is 14.6. The Hall–Kier alpha value is -0.900. The zero-order valence-electron chi connectivity index (χ0n) is 12.7. The van der Waals surface area contributed by atoms with Gasteiger partial charge in [0.2, 0.25) is 0 Å². The lowest BCUT2D eigenvalue weighted by Gasteiger charge is -2.27. The third-order valence-electron chi connectivity index (χ3n) is 2.59. The fraction of sp³-hybridized carbons (Fsp3) is 0.857. The molecule has 1 unspecified atom stereocenters. The number of ether oxygens (including phenoxy) is 1. The van der Waals surface area contributed by atoms with Crippen LogP contribution in [0.15, 0.2) is 0 Å². The molecule has 0 aromatic rings. The lowest BCUT2D eigenvalue weighted by molar-refractivity contribution is -0.144. The summed E-state index contributed by atoms with van der Waals surface area (Å²) >= 11 is 0. The molecule has 4 nitrogen and oxygen atoms in total. The molecule has 1 N–H and O–H groups in total. The first-order valence-electron chi connectivity index (χ1n) is 6.36. The molecule has 0 amide bonds. The van der Waals surface area contributed by atoms with Crippen molar-refractivity contribution in [1.29, 1.82) is 0 Å². The van der Waals surface area contributed by atoms with Crippen molar-refractivity contribution in [3.05, 3.63) is 0 Å². The Kier molecular flexibility index (Phi) is 6.00. The van der Waals surface area contributed by atoms with E-state index in [0.717, 1.165) is 0 Å².